The van der Waals surface area contributed by atoms with Crippen molar-refractivity contribution in [2.24, 2.45) is 0 Å². The quantitative estimate of drug-likeness (QED) is 0.451. The molecule has 0 N–H and O–H groups in total. The number of pyridine rings is 1. The molecule has 3 aromatic carbocycles. The number of fused-ring (bicyclic) bond motifs is 3. The van der Waals surface area contributed by atoms with E-state index in [0.29, 0.717) is 29.2 Å². The Bertz CT molecular complexity index is 1340. The van der Waals surface area contributed by atoms with Crippen LogP contribution in [0.3, 0.4) is 0 Å². The molecule has 5 nitrogen and oxygen atoms in total. The van der Waals surface area contributed by atoms with Crippen molar-refractivity contribution in [1.82, 2.24) is 4.57 Å². The van der Waals surface area contributed by atoms with E-state index in [1.54, 1.807) is 4.57 Å². The standard InChI is InChI=1S/C26H21NO4/c1-2-30-22-15-9-7-12-18(22)20-16-23(28)31-25-19-13-6-8-14-21(19)27(26(29)24(20)25)17-10-4-3-5-11-17/h3-15,20H,2,16H2,1H3. The van der Waals surface area contributed by atoms with Gasteiger partial charge >= 0.3 is 5.97 Å². The van der Waals surface area contributed by atoms with E-state index >= 15 is 0 Å². The monoisotopic (exact) mass is 411 g/mol. The Morgan fingerprint density at radius 2 is 1.65 bits per heavy atom. The van der Waals surface area contributed by atoms with Crippen molar-refractivity contribution >= 4 is 16.9 Å². The van der Waals surface area contributed by atoms with Crippen molar-refractivity contribution in [3.8, 4) is 17.2 Å². The van der Waals surface area contributed by atoms with Crippen molar-refractivity contribution in [1.29, 1.82) is 0 Å². The smallest absolute Gasteiger partial charge is 0.312 e. The maximum atomic E-state index is 13.9. The minimum atomic E-state index is -0.453. The maximum Gasteiger partial charge on any atom is 0.312 e. The third-order valence-corrected chi connectivity index (χ3v) is 5.61. The Balaban J connectivity index is 1.86. The van der Waals surface area contributed by atoms with E-state index in [1.165, 1.54) is 0 Å². The lowest BCUT2D eigenvalue weighted by atomic mass is 9.85. The lowest BCUT2D eigenvalue weighted by Gasteiger charge is -2.28. The summed E-state index contributed by atoms with van der Waals surface area (Å²) < 4.78 is 13.2. The van der Waals surface area contributed by atoms with Crippen LogP contribution in [0.4, 0.5) is 0 Å². The fraction of sp³-hybridized carbons (Fsp3) is 0.154. The molecule has 0 fully saturated rings. The van der Waals surface area contributed by atoms with Crippen LogP contribution in [0.2, 0.25) is 0 Å². The SMILES string of the molecule is CCOc1ccccc1C1CC(=O)Oc2c1c(=O)n(-c1ccccc1)c1ccccc21. The van der Waals surface area contributed by atoms with E-state index in [1.807, 2.05) is 85.8 Å². The zero-order chi connectivity index (χ0) is 21.4. The first-order chi connectivity index (χ1) is 15.2. The number of hydrogen-bond donors (Lipinski definition) is 0. The first-order valence-electron chi connectivity index (χ1n) is 10.3. The number of para-hydroxylation sites is 3. The number of nitrogens with zero attached hydrogens (tertiary/aromatic N) is 1. The van der Waals surface area contributed by atoms with Gasteiger partial charge in [-0.2, -0.15) is 0 Å². The number of hydrogen-bond acceptors (Lipinski definition) is 4. The molecular formula is C26H21NO4. The van der Waals surface area contributed by atoms with Gasteiger partial charge in [0.2, 0.25) is 0 Å². The van der Waals surface area contributed by atoms with Gasteiger partial charge in [-0.15, -0.1) is 0 Å². The van der Waals surface area contributed by atoms with Gasteiger partial charge in [0.25, 0.3) is 5.56 Å². The summed E-state index contributed by atoms with van der Waals surface area (Å²) in [6.45, 7) is 2.41. The number of benzene rings is 3. The molecule has 0 amide bonds. The Morgan fingerprint density at radius 1 is 0.935 bits per heavy atom. The second-order valence-corrected chi connectivity index (χ2v) is 7.44. The third kappa shape index (κ3) is 3.19. The molecule has 1 aromatic heterocycles. The highest BCUT2D eigenvalue weighted by Crippen LogP contribution is 2.43. The molecule has 0 saturated carbocycles. The number of rotatable bonds is 4. The summed E-state index contributed by atoms with van der Waals surface area (Å²) in [5, 5.41) is 0.730. The van der Waals surface area contributed by atoms with E-state index in [-0.39, 0.29) is 17.9 Å². The average molecular weight is 411 g/mol. The van der Waals surface area contributed by atoms with E-state index in [2.05, 4.69) is 0 Å². The van der Waals surface area contributed by atoms with Crippen molar-refractivity contribution in [2.45, 2.75) is 19.3 Å². The Labute approximate surface area is 179 Å². The molecule has 31 heavy (non-hydrogen) atoms. The van der Waals surface area contributed by atoms with Crippen LogP contribution >= 0.6 is 0 Å². The molecule has 1 atom stereocenters. The largest absolute Gasteiger partial charge is 0.494 e. The predicted molar refractivity (Wildman–Crippen MR) is 119 cm³/mol. The maximum absolute atomic E-state index is 13.9. The minimum absolute atomic E-state index is 0.0828. The normalized spacial score (nSPS) is 15.4. The van der Waals surface area contributed by atoms with Gasteiger partial charge in [-0.05, 0) is 37.3 Å². The molecule has 0 spiro atoms. The highest BCUT2D eigenvalue weighted by molar-refractivity contribution is 5.92. The Morgan fingerprint density at radius 3 is 2.45 bits per heavy atom. The zero-order valence-corrected chi connectivity index (χ0v) is 17.1. The molecule has 0 radical (unpaired) electrons. The van der Waals surface area contributed by atoms with Crippen LogP contribution in [0.5, 0.6) is 11.5 Å². The van der Waals surface area contributed by atoms with Crippen molar-refractivity contribution < 1.29 is 14.3 Å². The molecule has 154 valence electrons. The van der Waals surface area contributed by atoms with Crippen LogP contribution in [0.25, 0.3) is 16.6 Å². The van der Waals surface area contributed by atoms with Crippen molar-refractivity contribution in [3.63, 3.8) is 0 Å². The van der Waals surface area contributed by atoms with Gasteiger partial charge in [0, 0.05) is 22.6 Å². The number of carbonyl (C=O) groups excluding carboxylic acids is 1. The molecule has 5 rings (SSSR count). The van der Waals surface area contributed by atoms with E-state index in [9.17, 15) is 9.59 Å². The highest BCUT2D eigenvalue weighted by atomic mass is 16.5. The van der Waals surface area contributed by atoms with Crippen LogP contribution in [0, 0.1) is 0 Å². The van der Waals surface area contributed by atoms with Crippen molar-refractivity contribution in [3.05, 3.63) is 100 Å². The number of ether oxygens (including phenoxy) is 2. The van der Waals surface area contributed by atoms with Crippen molar-refractivity contribution in [2.75, 3.05) is 6.61 Å². The van der Waals surface area contributed by atoms with Gasteiger partial charge < -0.3 is 9.47 Å². The molecule has 0 aliphatic carbocycles. The molecule has 1 aliphatic heterocycles. The third-order valence-electron chi connectivity index (χ3n) is 5.61. The van der Waals surface area contributed by atoms with Gasteiger partial charge in [-0.1, -0.05) is 48.5 Å². The molecule has 1 unspecified atom stereocenters. The summed E-state index contributed by atoms with van der Waals surface area (Å²) in [5.41, 5.74) is 2.57. The fourth-order valence-corrected chi connectivity index (χ4v) is 4.33. The number of aromatic nitrogens is 1. The minimum Gasteiger partial charge on any atom is -0.494 e. The predicted octanol–water partition coefficient (Wildman–Crippen LogP) is 4.83. The first-order valence-corrected chi connectivity index (χ1v) is 10.3. The van der Waals surface area contributed by atoms with Crippen LogP contribution < -0.4 is 15.0 Å². The molecule has 1 aliphatic rings. The lowest BCUT2D eigenvalue weighted by Crippen LogP contribution is -2.32. The summed E-state index contributed by atoms with van der Waals surface area (Å²) in [5.74, 6) is 0.215. The topological polar surface area (TPSA) is 57.5 Å². The van der Waals surface area contributed by atoms with Gasteiger partial charge in [0.15, 0.2) is 0 Å². The van der Waals surface area contributed by atoms with E-state index in [0.717, 1.165) is 16.6 Å². The highest BCUT2D eigenvalue weighted by Gasteiger charge is 2.35. The average Bonchev–Trinajstić information content (AvgIpc) is 2.80. The first kappa shape index (κ1) is 19.1. The Hall–Kier alpha value is -3.86. The zero-order valence-electron chi connectivity index (χ0n) is 17.1. The van der Waals surface area contributed by atoms with Crippen LogP contribution in [0.15, 0.2) is 83.7 Å². The van der Waals surface area contributed by atoms with Gasteiger partial charge in [0.05, 0.1) is 24.1 Å². The molecule has 0 bridgehead atoms. The fourth-order valence-electron chi connectivity index (χ4n) is 4.33. The number of carbonyl (C=O) groups is 1. The van der Waals surface area contributed by atoms with Gasteiger partial charge in [0.1, 0.15) is 11.5 Å². The molecule has 5 heteroatoms. The summed E-state index contributed by atoms with van der Waals surface area (Å²) >= 11 is 0. The van der Waals surface area contributed by atoms with Crippen LogP contribution in [-0.2, 0) is 4.79 Å². The van der Waals surface area contributed by atoms with Crippen LogP contribution in [-0.4, -0.2) is 17.1 Å². The molecule has 4 aromatic rings. The number of esters is 1. The van der Waals surface area contributed by atoms with E-state index < -0.39 is 5.92 Å². The summed E-state index contributed by atoms with van der Waals surface area (Å²) in [4.78, 5) is 26.5. The van der Waals surface area contributed by atoms with Gasteiger partial charge in [-0.3, -0.25) is 14.2 Å². The summed E-state index contributed by atoms with van der Waals surface area (Å²) in [6, 6.07) is 24.6. The van der Waals surface area contributed by atoms with E-state index in [4.69, 9.17) is 9.47 Å². The second kappa shape index (κ2) is 7.76. The second-order valence-electron chi connectivity index (χ2n) is 7.44. The van der Waals surface area contributed by atoms with Gasteiger partial charge in [-0.25, -0.2) is 0 Å². The summed E-state index contributed by atoms with van der Waals surface area (Å²) in [7, 11) is 0. The molecule has 2 heterocycles. The molecule has 0 saturated heterocycles. The summed E-state index contributed by atoms with van der Waals surface area (Å²) in [6.07, 6.45) is 0.0828. The lowest BCUT2D eigenvalue weighted by molar-refractivity contribution is -0.135. The molecular weight excluding hydrogens is 390 g/mol. The van der Waals surface area contributed by atoms with Crippen LogP contribution in [0.1, 0.15) is 30.4 Å². The Kier molecular flexibility index (Phi) is 4.79.